The molecule has 2 aliphatic carbocycles. The van der Waals surface area contributed by atoms with Crippen LogP contribution in [0.25, 0.3) is 0 Å². The highest BCUT2D eigenvalue weighted by molar-refractivity contribution is 5.74. The van der Waals surface area contributed by atoms with Crippen molar-refractivity contribution in [2.24, 2.45) is 0 Å². The molecule has 0 spiro atoms. The van der Waals surface area contributed by atoms with Crippen molar-refractivity contribution in [1.82, 2.24) is 0 Å². The third kappa shape index (κ3) is 3.79. The smallest absolute Gasteiger partial charge is 0.0403 e. The van der Waals surface area contributed by atoms with Crippen molar-refractivity contribution in [2.75, 3.05) is 11.5 Å². The van der Waals surface area contributed by atoms with Gasteiger partial charge in [0.1, 0.15) is 0 Å². The second-order valence-electron chi connectivity index (χ2n) is 9.09. The summed E-state index contributed by atoms with van der Waals surface area (Å²) in [5.41, 5.74) is 22.4. The summed E-state index contributed by atoms with van der Waals surface area (Å²) in [5, 5.41) is 0. The molecule has 0 radical (unpaired) electrons. The maximum Gasteiger partial charge on any atom is 0.0403 e. The summed E-state index contributed by atoms with van der Waals surface area (Å²) in [6.45, 7) is 2.14. The molecule has 2 aromatic rings. The lowest BCUT2D eigenvalue weighted by Crippen LogP contribution is -2.19. The zero-order valence-corrected chi connectivity index (χ0v) is 17.5. The lowest BCUT2D eigenvalue weighted by molar-refractivity contribution is 0.418. The van der Waals surface area contributed by atoms with E-state index in [1.165, 1.54) is 80.9 Å². The van der Waals surface area contributed by atoms with Crippen LogP contribution in [0.3, 0.4) is 0 Å². The van der Waals surface area contributed by atoms with Gasteiger partial charge in [0.15, 0.2) is 0 Å². The second kappa shape index (κ2) is 8.59. The number of rotatable bonds is 4. The van der Waals surface area contributed by atoms with Gasteiger partial charge in [-0.1, -0.05) is 68.9 Å². The molecule has 0 aromatic heterocycles. The van der Waals surface area contributed by atoms with Crippen LogP contribution in [0.15, 0.2) is 30.3 Å². The average molecular weight is 377 g/mol. The molecule has 0 unspecified atom stereocenters. The third-order valence-electron chi connectivity index (χ3n) is 7.29. The van der Waals surface area contributed by atoms with Crippen LogP contribution in [0, 0.1) is 6.92 Å². The van der Waals surface area contributed by atoms with E-state index in [1.54, 1.807) is 5.56 Å². The molecule has 2 saturated carbocycles. The third-order valence-corrected chi connectivity index (χ3v) is 7.29. The first kappa shape index (κ1) is 19.4. The zero-order chi connectivity index (χ0) is 19.5. The van der Waals surface area contributed by atoms with Gasteiger partial charge in [0, 0.05) is 11.4 Å². The van der Waals surface area contributed by atoms with Crippen molar-refractivity contribution in [1.29, 1.82) is 0 Å². The summed E-state index contributed by atoms with van der Waals surface area (Å²) >= 11 is 0. The molecule has 4 N–H and O–H groups in total. The number of anilines is 2. The Hall–Kier alpha value is -1.96. The highest BCUT2D eigenvalue weighted by Gasteiger charge is 2.30. The highest BCUT2D eigenvalue weighted by atomic mass is 14.7. The van der Waals surface area contributed by atoms with Crippen LogP contribution in [0.2, 0.25) is 0 Å². The molecule has 2 heteroatoms. The molecule has 0 bridgehead atoms. The van der Waals surface area contributed by atoms with Crippen LogP contribution in [-0.2, 0) is 6.42 Å². The highest BCUT2D eigenvalue weighted by Crippen LogP contribution is 2.48. The van der Waals surface area contributed by atoms with E-state index in [1.807, 2.05) is 0 Å². The van der Waals surface area contributed by atoms with Crippen molar-refractivity contribution < 1.29 is 0 Å². The normalized spacial score (nSPS) is 19.0. The Balaban J connectivity index is 1.87. The summed E-state index contributed by atoms with van der Waals surface area (Å²) in [6, 6.07) is 10.8. The molecule has 28 heavy (non-hydrogen) atoms. The summed E-state index contributed by atoms with van der Waals surface area (Å²) in [7, 11) is 0. The van der Waals surface area contributed by atoms with E-state index >= 15 is 0 Å². The minimum absolute atomic E-state index is 0.625. The molecule has 2 aromatic carbocycles. The Morgan fingerprint density at radius 3 is 1.82 bits per heavy atom. The Morgan fingerprint density at radius 1 is 0.714 bits per heavy atom. The average Bonchev–Trinajstić information content (AvgIpc) is 2.76. The molecule has 0 atom stereocenters. The predicted octanol–water partition coefficient (Wildman–Crippen LogP) is 6.85. The van der Waals surface area contributed by atoms with E-state index in [0.29, 0.717) is 11.8 Å². The van der Waals surface area contributed by atoms with E-state index in [-0.39, 0.29) is 0 Å². The lowest BCUT2D eigenvalue weighted by Gasteiger charge is -2.34. The first-order valence-corrected chi connectivity index (χ1v) is 11.4. The maximum atomic E-state index is 6.80. The van der Waals surface area contributed by atoms with E-state index < -0.39 is 0 Å². The van der Waals surface area contributed by atoms with Crippen LogP contribution < -0.4 is 11.5 Å². The minimum atomic E-state index is 0.625. The van der Waals surface area contributed by atoms with Crippen LogP contribution in [0.1, 0.15) is 104 Å². The summed E-state index contributed by atoms with van der Waals surface area (Å²) in [4.78, 5) is 0. The first-order chi connectivity index (χ1) is 13.7. The molecule has 2 aliphatic rings. The molecule has 0 heterocycles. The van der Waals surface area contributed by atoms with Gasteiger partial charge < -0.3 is 11.5 Å². The van der Waals surface area contributed by atoms with Gasteiger partial charge in [-0.2, -0.15) is 0 Å². The SMILES string of the molecule is Cc1c(N)c(Cc2ccccc2)c(C2CCCCC2)c(C2CCCCC2)c1N. The van der Waals surface area contributed by atoms with Crippen molar-refractivity contribution >= 4 is 11.4 Å². The summed E-state index contributed by atoms with van der Waals surface area (Å²) in [5.74, 6) is 1.26. The number of hydrogen-bond donors (Lipinski definition) is 2. The van der Waals surface area contributed by atoms with Crippen molar-refractivity contribution in [2.45, 2.75) is 89.4 Å². The number of hydrogen-bond acceptors (Lipinski definition) is 2. The Bertz CT molecular complexity index is 797. The molecule has 0 saturated heterocycles. The molecular weight excluding hydrogens is 340 g/mol. The largest absolute Gasteiger partial charge is 0.398 e. The quantitative estimate of drug-likeness (QED) is 0.574. The topological polar surface area (TPSA) is 52.0 Å². The van der Waals surface area contributed by atoms with E-state index in [0.717, 1.165) is 23.4 Å². The monoisotopic (exact) mass is 376 g/mol. The zero-order valence-electron chi connectivity index (χ0n) is 17.5. The number of nitrogen functional groups attached to an aromatic ring is 2. The van der Waals surface area contributed by atoms with Crippen LogP contribution in [0.4, 0.5) is 11.4 Å². The van der Waals surface area contributed by atoms with Gasteiger partial charge in [-0.3, -0.25) is 0 Å². The van der Waals surface area contributed by atoms with Gasteiger partial charge in [0.2, 0.25) is 0 Å². The van der Waals surface area contributed by atoms with Gasteiger partial charge in [-0.25, -0.2) is 0 Å². The van der Waals surface area contributed by atoms with Crippen molar-refractivity contribution in [3.63, 3.8) is 0 Å². The van der Waals surface area contributed by atoms with Gasteiger partial charge in [0.05, 0.1) is 0 Å². The fraction of sp³-hybridized carbons (Fsp3) is 0.538. The van der Waals surface area contributed by atoms with Crippen LogP contribution in [-0.4, -0.2) is 0 Å². The van der Waals surface area contributed by atoms with Crippen molar-refractivity contribution in [3.05, 3.63) is 58.1 Å². The van der Waals surface area contributed by atoms with Crippen LogP contribution in [0.5, 0.6) is 0 Å². The van der Waals surface area contributed by atoms with E-state index in [2.05, 4.69) is 37.3 Å². The number of benzene rings is 2. The second-order valence-corrected chi connectivity index (χ2v) is 9.09. The molecule has 2 fully saturated rings. The molecular formula is C26H36N2. The van der Waals surface area contributed by atoms with Gasteiger partial charge in [-0.15, -0.1) is 0 Å². The molecule has 2 nitrogen and oxygen atoms in total. The Morgan fingerprint density at radius 2 is 1.25 bits per heavy atom. The van der Waals surface area contributed by atoms with Gasteiger partial charge in [-0.05, 0) is 78.7 Å². The van der Waals surface area contributed by atoms with Gasteiger partial charge in [0.25, 0.3) is 0 Å². The van der Waals surface area contributed by atoms with Crippen molar-refractivity contribution in [3.8, 4) is 0 Å². The maximum absolute atomic E-state index is 6.80. The lowest BCUT2D eigenvalue weighted by atomic mass is 9.72. The molecule has 150 valence electrons. The van der Waals surface area contributed by atoms with E-state index in [4.69, 9.17) is 11.5 Å². The molecule has 0 amide bonds. The fourth-order valence-corrected chi connectivity index (χ4v) is 5.71. The first-order valence-electron chi connectivity index (χ1n) is 11.4. The van der Waals surface area contributed by atoms with Crippen LogP contribution >= 0.6 is 0 Å². The molecule has 0 aliphatic heterocycles. The minimum Gasteiger partial charge on any atom is -0.398 e. The molecule has 4 rings (SSSR count). The Kier molecular flexibility index (Phi) is 5.94. The Labute approximate surface area is 170 Å². The number of nitrogens with two attached hydrogens (primary N) is 2. The van der Waals surface area contributed by atoms with Gasteiger partial charge >= 0.3 is 0 Å². The van der Waals surface area contributed by atoms with E-state index in [9.17, 15) is 0 Å². The standard InChI is InChI=1S/C26H36N2/c1-18-25(27)22(17-19-11-5-2-6-12-19)23(20-13-7-3-8-14-20)24(26(18)28)21-15-9-4-10-16-21/h2,5-6,11-12,20-21H,3-4,7-10,13-17,27-28H2,1H3. The fourth-order valence-electron chi connectivity index (χ4n) is 5.71. The summed E-state index contributed by atoms with van der Waals surface area (Å²) < 4.78 is 0. The predicted molar refractivity (Wildman–Crippen MR) is 121 cm³/mol. The summed E-state index contributed by atoms with van der Waals surface area (Å²) in [6.07, 6.45) is 14.2.